The second kappa shape index (κ2) is 7.19. The molecule has 1 aliphatic heterocycles. The molecule has 1 aromatic rings. The van der Waals surface area contributed by atoms with Gasteiger partial charge in [-0.05, 0) is 49.3 Å². The molecule has 1 N–H and O–H groups in total. The molecule has 2 rings (SSSR count). The van der Waals surface area contributed by atoms with Crippen molar-refractivity contribution < 1.29 is 0 Å². The Labute approximate surface area is 115 Å². The van der Waals surface area contributed by atoms with Crippen molar-refractivity contribution in [3.8, 4) is 0 Å². The topological polar surface area (TPSA) is 29.9 Å². The van der Waals surface area contributed by atoms with Crippen LogP contribution in [0.5, 0.6) is 0 Å². The molecule has 4 heteroatoms. The van der Waals surface area contributed by atoms with Crippen LogP contribution in [-0.2, 0) is 6.54 Å². The average Bonchev–Trinajstić information content (AvgIpc) is 3.02. The summed E-state index contributed by atoms with van der Waals surface area (Å²) in [6, 6.07) is 2.69. The first kappa shape index (κ1) is 13.9. The van der Waals surface area contributed by atoms with Gasteiger partial charge < -0.3 is 5.32 Å². The van der Waals surface area contributed by atoms with E-state index < -0.39 is 0 Å². The molecule has 0 aromatic carbocycles. The summed E-state index contributed by atoms with van der Waals surface area (Å²) in [5.74, 6) is 3.38. The Bertz CT molecular complexity index is 345. The van der Waals surface area contributed by atoms with Crippen molar-refractivity contribution in [3.05, 3.63) is 18.0 Å². The summed E-state index contributed by atoms with van der Waals surface area (Å²) in [6.07, 6.45) is 5.63. The van der Waals surface area contributed by atoms with E-state index in [1.54, 1.807) is 0 Å². The summed E-state index contributed by atoms with van der Waals surface area (Å²) in [5, 5.41) is 8.21. The molecule has 1 aliphatic rings. The fourth-order valence-corrected chi connectivity index (χ4v) is 3.93. The van der Waals surface area contributed by atoms with E-state index >= 15 is 0 Å². The lowest BCUT2D eigenvalue weighted by Gasteiger charge is -2.25. The maximum atomic E-state index is 4.48. The molecular weight excluding hydrogens is 242 g/mol. The maximum Gasteiger partial charge on any atom is 0.0556 e. The molecule has 0 bridgehead atoms. The van der Waals surface area contributed by atoms with Gasteiger partial charge in [0.05, 0.1) is 11.7 Å². The lowest BCUT2D eigenvalue weighted by molar-refractivity contribution is 0.366. The summed E-state index contributed by atoms with van der Waals surface area (Å²) < 4.78 is 2.19. The Kier molecular flexibility index (Phi) is 5.57. The van der Waals surface area contributed by atoms with Gasteiger partial charge in [0.15, 0.2) is 0 Å². The first-order chi connectivity index (χ1) is 8.86. The Morgan fingerprint density at radius 1 is 1.50 bits per heavy atom. The van der Waals surface area contributed by atoms with Crippen LogP contribution in [0, 0.1) is 5.92 Å². The van der Waals surface area contributed by atoms with Crippen molar-refractivity contribution >= 4 is 11.8 Å². The van der Waals surface area contributed by atoms with Crippen molar-refractivity contribution in [3.63, 3.8) is 0 Å². The maximum absolute atomic E-state index is 4.48. The molecular formula is C14H25N3S. The number of nitrogens with zero attached hydrogens (tertiary/aromatic N) is 2. The third-order valence-electron chi connectivity index (χ3n) is 3.55. The van der Waals surface area contributed by atoms with Crippen molar-refractivity contribution in [1.82, 2.24) is 15.1 Å². The average molecular weight is 267 g/mol. The quantitative estimate of drug-likeness (QED) is 0.823. The number of rotatable bonds is 7. The SMILES string of the molecule is CCCNC(c1ccnn1CCC)C1CCSC1. The van der Waals surface area contributed by atoms with Gasteiger partial charge in [-0.15, -0.1) is 0 Å². The summed E-state index contributed by atoms with van der Waals surface area (Å²) in [5.41, 5.74) is 1.39. The molecule has 3 nitrogen and oxygen atoms in total. The van der Waals surface area contributed by atoms with Crippen molar-refractivity contribution in [2.24, 2.45) is 5.92 Å². The van der Waals surface area contributed by atoms with E-state index in [4.69, 9.17) is 0 Å². The Hall–Kier alpha value is -0.480. The monoisotopic (exact) mass is 267 g/mol. The lowest BCUT2D eigenvalue weighted by atomic mass is 9.96. The molecule has 2 atom stereocenters. The number of nitrogens with one attached hydrogen (secondary N) is 1. The van der Waals surface area contributed by atoms with Gasteiger partial charge in [-0.25, -0.2) is 0 Å². The van der Waals surface area contributed by atoms with E-state index in [2.05, 4.69) is 46.8 Å². The van der Waals surface area contributed by atoms with Crippen molar-refractivity contribution in [2.45, 2.75) is 45.7 Å². The fourth-order valence-electron chi connectivity index (χ4n) is 2.63. The van der Waals surface area contributed by atoms with Crippen LogP contribution in [0.2, 0.25) is 0 Å². The van der Waals surface area contributed by atoms with Gasteiger partial charge in [-0.3, -0.25) is 4.68 Å². The summed E-state index contributed by atoms with van der Waals surface area (Å²) >= 11 is 2.09. The molecule has 1 aromatic heterocycles. The molecule has 2 heterocycles. The van der Waals surface area contributed by atoms with Gasteiger partial charge in [0.2, 0.25) is 0 Å². The number of aryl methyl sites for hydroxylation is 1. The van der Waals surface area contributed by atoms with Crippen LogP contribution < -0.4 is 5.32 Å². The third-order valence-corrected chi connectivity index (χ3v) is 4.74. The summed E-state index contributed by atoms with van der Waals surface area (Å²) in [6.45, 7) is 6.58. The zero-order valence-electron chi connectivity index (χ0n) is 11.6. The molecule has 18 heavy (non-hydrogen) atoms. The van der Waals surface area contributed by atoms with Crippen molar-refractivity contribution in [2.75, 3.05) is 18.1 Å². The Morgan fingerprint density at radius 2 is 2.39 bits per heavy atom. The first-order valence-electron chi connectivity index (χ1n) is 7.19. The van der Waals surface area contributed by atoms with E-state index in [1.165, 1.54) is 30.0 Å². The third kappa shape index (κ3) is 3.29. The van der Waals surface area contributed by atoms with Crippen molar-refractivity contribution in [1.29, 1.82) is 0 Å². The highest BCUT2D eigenvalue weighted by molar-refractivity contribution is 7.99. The summed E-state index contributed by atoms with van der Waals surface area (Å²) in [4.78, 5) is 0. The van der Waals surface area contributed by atoms with E-state index in [0.29, 0.717) is 6.04 Å². The Morgan fingerprint density at radius 3 is 3.06 bits per heavy atom. The van der Waals surface area contributed by atoms with Crippen LogP contribution in [-0.4, -0.2) is 27.8 Å². The predicted molar refractivity (Wildman–Crippen MR) is 79.0 cm³/mol. The Balaban J connectivity index is 2.12. The van der Waals surface area contributed by atoms with Gasteiger partial charge in [0.25, 0.3) is 0 Å². The number of hydrogen-bond acceptors (Lipinski definition) is 3. The highest BCUT2D eigenvalue weighted by atomic mass is 32.2. The van der Waals surface area contributed by atoms with Crippen LogP contribution in [0.1, 0.15) is 44.8 Å². The normalized spacial score (nSPS) is 21.3. The number of aromatic nitrogens is 2. The highest BCUT2D eigenvalue weighted by Gasteiger charge is 2.28. The van der Waals surface area contributed by atoms with E-state index in [-0.39, 0.29) is 0 Å². The van der Waals surface area contributed by atoms with Crippen LogP contribution in [0.25, 0.3) is 0 Å². The molecule has 0 saturated carbocycles. The zero-order chi connectivity index (χ0) is 12.8. The van der Waals surface area contributed by atoms with Crippen LogP contribution in [0.15, 0.2) is 12.3 Å². The smallest absolute Gasteiger partial charge is 0.0556 e. The van der Waals surface area contributed by atoms with Gasteiger partial charge in [-0.1, -0.05) is 13.8 Å². The first-order valence-corrected chi connectivity index (χ1v) is 8.35. The fraction of sp³-hybridized carbons (Fsp3) is 0.786. The lowest BCUT2D eigenvalue weighted by Crippen LogP contribution is -2.31. The minimum Gasteiger partial charge on any atom is -0.308 e. The molecule has 0 radical (unpaired) electrons. The second-order valence-electron chi connectivity index (χ2n) is 5.03. The van der Waals surface area contributed by atoms with Crippen LogP contribution in [0.4, 0.5) is 0 Å². The van der Waals surface area contributed by atoms with Crippen LogP contribution >= 0.6 is 11.8 Å². The predicted octanol–water partition coefficient (Wildman–Crippen LogP) is 3.09. The molecule has 0 amide bonds. The number of thioether (sulfide) groups is 1. The van der Waals surface area contributed by atoms with Crippen LogP contribution in [0.3, 0.4) is 0 Å². The molecule has 0 spiro atoms. The van der Waals surface area contributed by atoms with Gasteiger partial charge >= 0.3 is 0 Å². The summed E-state index contributed by atoms with van der Waals surface area (Å²) in [7, 11) is 0. The molecule has 1 saturated heterocycles. The molecule has 2 unspecified atom stereocenters. The van der Waals surface area contributed by atoms with Gasteiger partial charge in [-0.2, -0.15) is 16.9 Å². The van der Waals surface area contributed by atoms with E-state index in [9.17, 15) is 0 Å². The van der Waals surface area contributed by atoms with Gasteiger partial charge in [0.1, 0.15) is 0 Å². The second-order valence-corrected chi connectivity index (χ2v) is 6.18. The molecule has 0 aliphatic carbocycles. The number of hydrogen-bond donors (Lipinski definition) is 1. The van der Waals surface area contributed by atoms with E-state index in [1.807, 2.05) is 6.20 Å². The van der Waals surface area contributed by atoms with Gasteiger partial charge in [0, 0.05) is 12.7 Å². The molecule has 1 fully saturated rings. The minimum atomic E-state index is 0.494. The standard InChI is InChI=1S/C14H25N3S/c1-3-7-15-14(12-6-10-18-11-12)13-5-8-16-17(13)9-4-2/h5,8,12,14-15H,3-4,6-7,9-11H2,1-2H3. The molecule has 102 valence electrons. The largest absolute Gasteiger partial charge is 0.308 e. The zero-order valence-corrected chi connectivity index (χ0v) is 12.4. The van der Waals surface area contributed by atoms with E-state index in [0.717, 1.165) is 25.4 Å². The highest BCUT2D eigenvalue weighted by Crippen LogP contribution is 2.34. The minimum absolute atomic E-state index is 0.494.